The molecule has 1 aromatic heterocycles. The van der Waals surface area contributed by atoms with Crippen LogP contribution in [0.25, 0.3) is 0 Å². The van der Waals surface area contributed by atoms with Crippen molar-refractivity contribution >= 4 is 27.4 Å². The molecule has 0 saturated carbocycles. The van der Waals surface area contributed by atoms with E-state index in [1.54, 1.807) is 0 Å². The molecule has 2 heterocycles. The zero-order chi connectivity index (χ0) is 16.4. The second-order valence-electron chi connectivity index (χ2n) is 5.24. The largest absolute Gasteiger partial charge is 0.489 e. The van der Waals surface area contributed by atoms with Crippen LogP contribution in [0.15, 0.2) is 47.5 Å². The van der Waals surface area contributed by atoms with Crippen molar-refractivity contribution in [2.45, 2.75) is 17.4 Å². The summed E-state index contributed by atoms with van der Waals surface area (Å²) in [5.41, 5.74) is 5.69. The van der Waals surface area contributed by atoms with Crippen molar-refractivity contribution in [2.24, 2.45) is 0 Å². The van der Waals surface area contributed by atoms with E-state index in [0.717, 1.165) is 5.75 Å². The van der Waals surface area contributed by atoms with Gasteiger partial charge in [0.1, 0.15) is 22.6 Å². The molecule has 23 heavy (non-hydrogen) atoms. The van der Waals surface area contributed by atoms with Crippen molar-refractivity contribution in [3.8, 4) is 5.75 Å². The van der Waals surface area contributed by atoms with E-state index in [-0.39, 0.29) is 28.4 Å². The molecular weight excluding hydrogens is 338 g/mol. The van der Waals surface area contributed by atoms with Gasteiger partial charge in [0.2, 0.25) is 10.0 Å². The van der Waals surface area contributed by atoms with Gasteiger partial charge in [-0.25, -0.2) is 13.4 Å². The molecule has 1 atom stereocenters. The summed E-state index contributed by atoms with van der Waals surface area (Å²) in [4.78, 5) is 3.75. The van der Waals surface area contributed by atoms with Crippen molar-refractivity contribution in [1.29, 1.82) is 0 Å². The van der Waals surface area contributed by atoms with Gasteiger partial charge in [0, 0.05) is 12.7 Å². The maximum absolute atomic E-state index is 12.7. The molecule has 6 nitrogen and oxygen atoms in total. The summed E-state index contributed by atoms with van der Waals surface area (Å²) in [5.74, 6) is 0.669. The topological polar surface area (TPSA) is 85.5 Å². The predicted molar refractivity (Wildman–Crippen MR) is 87.9 cm³/mol. The first-order chi connectivity index (χ1) is 11.0. The van der Waals surface area contributed by atoms with Crippen LogP contribution in [-0.4, -0.2) is 36.9 Å². The molecule has 0 aliphatic carbocycles. The van der Waals surface area contributed by atoms with Crippen molar-refractivity contribution in [2.75, 3.05) is 18.8 Å². The second kappa shape index (κ2) is 6.35. The molecule has 0 unspecified atom stereocenters. The summed E-state index contributed by atoms with van der Waals surface area (Å²) in [6, 6.07) is 10.7. The number of benzene rings is 1. The Morgan fingerprint density at radius 3 is 2.78 bits per heavy atom. The minimum atomic E-state index is -3.74. The van der Waals surface area contributed by atoms with Crippen molar-refractivity contribution < 1.29 is 13.2 Å². The van der Waals surface area contributed by atoms with Crippen LogP contribution in [-0.2, 0) is 10.0 Å². The Bertz CT molecular complexity index is 799. The van der Waals surface area contributed by atoms with E-state index in [2.05, 4.69) is 4.98 Å². The number of hydrogen-bond acceptors (Lipinski definition) is 5. The number of nitrogens with two attached hydrogens (primary N) is 1. The summed E-state index contributed by atoms with van der Waals surface area (Å²) in [7, 11) is -3.74. The molecule has 1 saturated heterocycles. The van der Waals surface area contributed by atoms with Gasteiger partial charge in [-0.2, -0.15) is 4.31 Å². The molecule has 0 bridgehead atoms. The molecule has 0 radical (unpaired) electrons. The first-order valence-electron chi connectivity index (χ1n) is 7.09. The minimum Gasteiger partial charge on any atom is -0.489 e. The van der Waals surface area contributed by atoms with Gasteiger partial charge in [-0.05, 0) is 24.6 Å². The van der Waals surface area contributed by atoms with Crippen molar-refractivity contribution in [1.82, 2.24) is 9.29 Å². The van der Waals surface area contributed by atoms with Crippen molar-refractivity contribution in [3.05, 3.63) is 47.6 Å². The Kier molecular flexibility index (Phi) is 4.43. The smallest absolute Gasteiger partial charge is 0.246 e. The van der Waals surface area contributed by atoms with Crippen LogP contribution in [0.4, 0.5) is 5.82 Å². The van der Waals surface area contributed by atoms with Crippen LogP contribution in [0.1, 0.15) is 6.42 Å². The van der Waals surface area contributed by atoms with Crippen molar-refractivity contribution in [3.63, 3.8) is 0 Å². The number of pyridine rings is 1. The van der Waals surface area contributed by atoms with Gasteiger partial charge in [-0.1, -0.05) is 29.8 Å². The minimum absolute atomic E-state index is 0.0539. The molecule has 1 aromatic carbocycles. The number of sulfonamides is 1. The molecule has 0 spiro atoms. The molecule has 0 amide bonds. The average Bonchev–Trinajstić information content (AvgIpc) is 3.00. The lowest BCUT2D eigenvalue weighted by atomic mass is 10.3. The SMILES string of the molecule is Nc1ncc(Cl)cc1S(=O)(=O)N1CC[C@@H](Oc2ccccc2)C1. The van der Waals surface area contributed by atoms with E-state index in [0.29, 0.717) is 13.0 Å². The molecule has 1 aliphatic rings. The molecule has 2 aromatic rings. The second-order valence-corrected chi connectivity index (χ2v) is 7.58. The number of nitrogens with zero attached hydrogens (tertiary/aromatic N) is 2. The highest BCUT2D eigenvalue weighted by Gasteiger charge is 2.35. The van der Waals surface area contributed by atoms with Crippen LogP contribution in [0, 0.1) is 0 Å². The fraction of sp³-hybridized carbons (Fsp3) is 0.267. The molecule has 122 valence electrons. The van der Waals surface area contributed by atoms with E-state index in [1.807, 2.05) is 30.3 Å². The lowest BCUT2D eigenvalue weighted by Gasteiger charge is -2.18. The monoisotopic (exact) mass is 353 g/mol. The standard InChI is InChI=1S/C15H16ClN3O3S/c16-11-8-14(15(17)18-9-11)23(20,21)19-7-6-13(10-19)22-12-4-2-1-3-5-12/h1-5,8-9,13H,6-7,10H2,(H2,17,18)/t13-/m1/s1. The van der Waals surface area contributed by atoms with Gasteiger partial charge in [-0.3, -0.25) is 0 Å². The van der Waals surface area contributed by atoms with Gasteiger partial charge in [0.05, 0.1) is 11.6 Å². The van der Waals surface area contributed by atoms with Crippen LogP contribution in [0.3, 0.4) is 0 Å². The fourth-order valence-electron chi connectivity index (χ4n) is 2.48. The van der Waals surface area contributed by atoms with E-state index in [9.17, 15) is 8.42 Å². The normalized spacial score (nSPS) is 18.9. The Morgan fingerprint density at radius 2 is 2.04 bits per heavy atom. The number of rotatable bonds is 4. The van der Waals surface area contributed by atoms with Gasteiger partial charge < -0.3 is 10.5 Å². The molecule has 1 aliphatic heterocycles. The third kappa shape index (κ3) is 3.41. The average molecular weight is 354 g/mol. The summed E-state index contributed by atoms with van der Waals surface area (Å²) in [6.07, 6.45) is 1.74. The number of anilines is 1. The van der Waals surface area contributed by atoms with E-state index < -0.39 is 10.0 Å². The van der Waals surface area contributed by atoms with E-state index in [1.165, 1.54) is 16.6 Å². The first kappa shape index (κ1) is 16.0. The summed E-state index contributed by atoms with van der Waals surface area (Å²) in [5, 5.41) is 0.231. The van der Waals surface area contributed by atoms with E-state index >= 15 is 0 Å². The van der Waals surface area contributed by atoms with Crippen LogP contribution < -0.4 is 10.5 Å². The number of para-hydroxylation sites is 1. The number of halogens is 1. The summed E-state index contributed by atoms with van der Waals surface area (Å²) < 4.78 is 32.6. The van der Waals surface area contributed by atoms with Gasteiger partial charge in [0.25, 0.3) is 0 Å². The molecular formula is C15H16ClN3O3S. The lowest BCUT2D eigenvalue weighted by molar-refractivity contribution is 0.215. The maximum atomic E-state index is 12.7. The Labute approximate surface area is 139 Å². The van der Waals surface area contributed by atoms with Gasteiger partial charge in [-0.15, -0.1) is 0 Å². The van der Waals surface area contributed by atoms with Crippen LogP contribution in [0.2, 0.25) is 5.02 Å². The molecule has 8 heteroatoms. The molecule has 1 fully saturated rings. The maximum Gasteiger partial charge on any atom is 0.246 e. The van der Waals surface area contributed by atoms with E-state index in [4.69, 9.17) is 22.1 Å². The van der Waals surface area contributed by atoms with Crippen LogP contribution >= 0.6 is 11.6 Å². The van der Waals surface area contributed by atoms with Gasteiger partial charge in [0.15, 0.2) is 0 Å². The highest BCUT2D eigenvalue weighted by Crippen LogP contribution is 2.27. The predicted octanol–water partition coefficient (Wildman–Crippen LogP) is 2.16. The fourth-order valence-corrected chi connectivity index (χ4v) is 4.28. The third-order valence-electron chi connectivity index (χ3n) is 3.62. The molecule has 2 N–H and O–H groups in total. The zero-order valence-electron chi connectivity index (χ0n) is 12.2. The Hall–Kier alpha value is -1.83. The number of hydrogen-bond donors (Lipinski definition) is 1. The summed E-state index contributed by atoms with van der Waals surface area (Å²) in [6.45, 7) is 0.634. The number of ether oxygens (including phenoxy) is 1. The number of nitrogen functional groups attached to an aromatic ring is 1. The Morgan fingerprint density at radius 1 is 1.30 bits per heavy atom. The third-order valence-corrected chi connectivity index (χ3v) is 5.72. The number of aromatic nitrogens is 1. The molecule has 3 rings (SSSR count). The Balaban J connectivity index is 1.76. The quantitative estimate of drug-likeness (QED) is 0.910. The van der Waals surface area contributed by atoms with Crippen LogP contribution in [0.5, 0.6) is 5.75 Å². The highest BCUT2D eigenvalue weighted by molar-refractivity contribution is 7.89. The summed E-state index contributed by atoms with van der Waals surface area (Å²) >= 11 is 5.84. The highest BCUT2D eigenvalue weighted by atomic mass is 35.5. The first-order valence-corrected chi connectivity index (χ1v) is 8.91. The van der Waals surface area contributed by atoms with Gasteiger partial charge >= 0.3 is 0 Å². The zero-order valence-corrected chi connectivity index (χ0v) is 13.8. The lowest BCUT2D eigenvalue weighted by Crippen LogP contribution is -2.31.